The van der Waals surface area contributed by atoms with E-state index in [1.165, 1.54) is 15.6 Å². The normalized spacial score (nSPS) is 12.3. The Morgan fingerprint density at radius 2 is 1.79 bits per heavy atom. The van der Waals surface area contributed by atoms with Crippen molar-refractivity contribution in [2.75, 3.05) is 40.5 Å². The van der Waals surface area contributed by atoms with Gasteiger partial charge in [-0.3, -0.25) is 0 Å². The van der Waals surface area contributed by atoms with E-state index < -0.39 is 10.0 Å². The topological polar surface area (TPSA) is 55.8 Å². The first-order chi connectivity index (χ1) is 8.93. The number of methoxy groups -OCH3 is 2. The molecule has 5 nitrogen and oxygen atoms in total. The molecule has 0 aliphatic rings. The van der Waals surface area contributed by atoms with E-state index in [0.717, 1.165) is 9.35 Å². The molecule has 0 fully saturated rings. The fourth-order valence-electron chi connectivity index (χ4n) is 1.42. The molecule has 19 heavy (non-hydrogen) atoms. The molecule has 0 radical (unpaired) electrons. The van der Waals surface area contributed by atoms with Crippen LogP contribution >= 0.6 is 27.3 Å². The molecule has 0 aliphatic heterocycles. The summed E-state index contributed by atoms with van der Waals surface area (Å²) < 4.78 is 37.5. The van der Waals surface area contributed by atoms with E-state index in [-0.39, 0.29) is 0 Å². The van der Waals surface area contributed by atoms with Crippen molar-refractivity contribution in [3.05, 3.63) is 15.4 Å². The molecule has 0 spiro atoms. The van der Waals surface area contributed by atoms with Crippen LogP contribution in [0.3, 0.4) is 0 Å². The molecule has 0 atom stereocenters. The Bertz CT molecular complexity index is 473. The van der Waals surface area contributed by atoms with Gasteiger partial charge in [0.25, 0.3) is 10.0 Å². The molecule has 1 rings (SSSR count). The van der Waals surface area contributed by atoms with E-state index in [1.54, 1.807) is 20.3 Å². The van der Waals surface area contributed by atoms with Gasteiger partial charge in [0.15, 0.2) is 0 Å². The van der Waals surface area contributed by atoms with E-state index in [9.17, 15) is 8.42 Å². The van der Waals surface area contributed by atoms with Crippen molar-refractivity contribution >= 4 is 37.3 Å². The largest absolute Gasteiger partial charge is 0.383 e. The molecule has 0 N–H and O–H groups in total. The zero-order valence-electron chi connectivity index (χ0n) is 11.2. The van der Waals surface area contributed by atoms with Gasteiger partial charge >= 0.3 is 0 Å². The van der Waals surface area contributed by atoms with Gasteiger partial charge in [0, 0.05) is 27.3 Å². The first-order valence-electron chi connectivity index (χ1n) is 5.67. The lowest BCUT2D eigenvalue weighted by Gasteiger charge is -2.20. The maximum Gasteiger partial charge on any atom is 0.252 e. The molecule has 8 heteroatoms. The van der Waals surface area contributed by atoms with Crippen LogP contribution in [0.2, 0.25) is 0 Å². The van der Waals surface area contributed by atoms with Crippen LogP contribution in [0.5, 0.6) is 0 Å². The van der Waals surface area contributed by atoms with Crippen molar-refractivity contribution < 1.29 is 17.9 Å². The number of rotatable bonds is 8. The van der Waals surface area contributed by atoms with Crippen LogP contribution in [0, 0.1) is 6.92 Å². The van der Waals surface area contributed by atoms with Gasteiger partial charge in [-0.2, -0.15) is 4.31 Å². The SMILES string of the molecule is COCCN(CCOC)S(=O)(=O)c1cc(C)c(Br)s1. The second-order valence-electron chi connectivity index (χ2n) is 3.91. The quantitative estimate of drug-likeness (QED) is 0.701. The van der Waals surface area contributed by atoms with E-state index in [0.29, 0.717) is 30.5 Å². The highest BCUT2D eigenvalue weighted by Gasteiger charge is 2.26. The number of hydrogen-bond donors (Lipinski definition) is 0. The number of thiophene rings is 1. The van der Waals surface area contributed by atoms with Gasteiger partial charge in [0.1, 0.15) is 4.21 Å². The Labute approximate surface area is 126 Å². The van der Waals surface area contributed by atoms with E-state index in [1.807, 2.05) is 6.92 Å². The maximum absolute atomic E-state index is 12.5. The highest BCUT2D eigenvalue weighted by molar-refractivity contribution is 9.11. The predicted molar refractivity (Wildman–Crippen MR) is 79.3 cm³/mol. The summed E-state index contributed by atoms with van der Waals surface area (Å²) in [5.41, 5.74) is 0.919. The summed E-state index contributed by atoms with van der Waals surface area (Å²) in [6.07, 6.45) is 0. The third kappa shape index (κ3) is 4.51. The Hall–Kier alpha value is 0.01000. The summed E-state index contributed by atoms with van der Waals surface area (Å²) in [7, 11) is -0.388. The summed E-state index contributed by atoms with van der Waals surface area (Å²) in [5, 5.41) is 0. The Balaban J connectivity index is 2.97. The molecule has 0 aromatic carbocycles. The summed E-state index contributed by atoms with van der Waals surface area (Å²) in [4.78, 5) is 0. The zero-order chi connectivity index (χ0) is 14.5. The second kappa shape index (κ2) is 7.70. The molecule has 0 bridgehead atoms. The summed E-state index contributed by atoms with van der Waals surface area (Å²) >= 11 is 4.57. The van der Waals surface area contributed by atoms with Gasteiger partial charge in [-0.25, -0.2) is 8.42 Å². The molecule has 0 aliphatic carbocycles. The number of hydrogen-bond acceptors (Lipinski definition) is 5. The number of nitrogens with zero attached hydrogens (tertiary/aromatic N) is 1. The molecular formula is C11H18BrNO4S2. The smallest absolute Gasteiger partial charge is 0.252 e. The second-order valence-corrected chi connectivity index (χ2v) is 8.45. The van der Waals surface area contributed by atoms with Crippen molar-refractivity contribution in [1.29, 1.82) is 0 Å². The van der Waals surface area contributed by atoms with Gasteiger partial charge in [-0.15, -0.1) is 11.3 Å². The minimum absolute atomic E-state index is 0.316. The number of ether oxygens (including phenoxy) is 2. The molecule has 0 saturated heterocycles. The highest BCUT2D eigenvalue weighted by Crippen LogP contribution is 2.32. The van der Waals surface area contributed by atoms with Gasteiger partial charge in [0.05, 0.1) is 17.0 Å². The molecule has 0 amide bonds. The Morgan fingerprint density at radius 3 is 2.16 bits per heavy atom. The lowest BCUT2D eigenvalue weighted by atomic mass is 10.4. The van der Waals surface area contributed by atoms with Crippen LogP contribution in [-0.2, 0) is 19.5 Å². The summed E-state index contributed by atoms with van der Waals surface area (Å²) in [6.45, 7) is 3.21. The minimum atomic E-state index is -3.49. The van der Waals surface area contributed by atoms with Crippen LogP contribution in [0.15, 0.2) is 14.1 Å². The molecule has 0 unspecified atom stereocenters. The molecule has 1 heterocycles. The molecule has 0 saturated carbocycles. The fraction of sp³-hybridized carbons (Fsp3) is 0.636. The first kappa shape index (κ1) is 17.1. The fourth-order valence-corrected chi connectivity index (χ4v) is 5.21. The van der Waals surface area contributed by atoms with Crippen molar-refractivity contribution in [3.8, 4) is 0 Å². The minimum Gasteiger partial charge on any atom is -0.383 e. The lowest BCUT2D eigenvalue weighted by Crippen LogP contribution is -2.36. The number of halogens is 1. The molecular weight excluding hydrogens is 354 g/mol. The third-order valence-corrected chi connectivity index (χ3v) is 7.00. The monoisotopic (exact) mass is 371 g/mol. The third-order valence-electron chi connectivity index (χ3n) is 2.52. The van der Waals surface area contributed by atoms with Crippen LogP contribution in [0.1, 0.15) is 5.56 Å². The van der Waals surface area contributed by atoms with Crippen LogP contribution in [0.25, 0.3) is 0 Å². The van der Waals surface area contributed by atoms with Gasteiger partial charge in [0.2, 0.25) is 0 Å². The van der Waals surface area contributed by atoms with Crippen LogP contribution in [0.4, 0.5) is 0 Å². The number of aryl methyl sites for hydroxylation is 1. The van der Waals surface area contributed by atoms with Crippen molar-refractivity contribution in [2.45, 2.75) is 11.1 Å². The van der Waals surface area contributed by atoms with Crippen molar-refractivity contribution in [3.63, 3.8) is 0 Å². The van der Waals surface area contributed by atoms with Gasteiger partial charge in [-0.1, -0.05) is 0 Å². The zero-order valence-corrected chi connectivity index (χ0v) is 14.4. The average Bonchev–Trinajstić information content (AvgIpc) is 2.70. The van der Waals surface area contributed by atoms with E-state index >= 15 is 0 Å². The Morgan fingerprint density at radius 1 is 1.26 bits per heavy atom. The molecule has 110 valence electrons. The molecule has 1 aromatic heterocycles. The predicted octanol–water partition coefficient (Wildman–Crippen LogP) is 2.10. The highest BCUT2D eigenvalue weighted by atomic mass is 79.9. The Kier molecular flexibility index (Phi) is 6.92. The van der Waals surface area contributed by atoms with Crippen LogP contribution in [-0.4, -0.2) is 53.2 Å². The number of sulfonamides is 1. The summed E-state index contributed by atoms with van der Waals surface area (Å²) in [6, 6.07) is 1.68. The maximum atomic E-state index is 12.5. The standard InChI is InChI=1S/C11H18BrNO4S2/c1-9-8-10(18-11(9)12)19(14,15)13(4-6-16-2)5-7-17-3/h8H,4-7H2,1-3H3. The van der Waals surface area contributed by atoms with Crippen molar-refractivity contribution in [2.24, 2.45) is 0 Å². The first-order valence-corrected chi connectivity index (χ1v) is 8.72. The van der Waals surface area contributed by atoms with Crippen LogP contribution < -0.4 is 0 Å². The van der Waals surface area contributed by atoms with E-state index in [4.69, 9.17) is 9.47 Å². The lowest BCUT2D eigenvalue weighted by molar-refractivity contribution is 0.150. The van der Waals surface area contributed by atoms with Crippen molar-refractivity contribution in [1.82, 2.24) is 4.31 Å². The van der Waals surface area contributed by atoms with Gasteiger partial charge in [-0.05, 0) is 34.5 Å². The van der Waals surface area contributed by atoms with Gasteiger partial charge < -0.3 is 9.47 Å². The summed E-state index contributed by atoms with van der Waals surface area (Å²) in [5.74, 6) is 0. The molecule has 1 aromatic rings. The van der Waals surface area contributed by atoms with E-state index in [2.05, 4.69) is 15.9 Å². The average molecular weight is 372 g/mol.